The molecule has 7 nitrogen and oxygen atoms in total. The van der Waals surface area contributed by atoms with Crippen molar-refractivity contribution >= 4 is 5.91 Å². The molecule has 4 aromatic rings. The van der Waals surface area contributed by atoms with Gasteiger partial charge in [0.15, 0.2) is 5.69 Å². The molecule has 0 fully saturated rings. The fourth-order valence-corrected chi connectivity index (χ4v) is 3.86. The lowest BCUT2D eigenvalue weighted by atomic mass is 10.0. The van der Waals surface area contributed by atoms with Crippen LogP contribution >= 0.6 is 0 Å². The molecule has 2 aromatic carbocycles. The molecule has 0 bridgehead atoms. The lowest BCUT2D eigenvalue weighted by Gasteiger charge is -2.27. The van der Waals surface area contributed by atoms with Crippen molar-refractivity contribution in [1.29, 1.82) is 0 Å². The molecule has 1 amide bonds. The number of aromatic nitrogens is 4. The van der Waals surface area contributed by atoms with Gasteiger partial charge in [-0.1, -0.05) is 23.4 Å². The Bertz CT molecular complexity index is 1330. The summed E-state index contributed by atoms with van der Waals surface area (Å²) in [5, 5.41) is 8.35. The summed E-state index contributed by atoms with van der Waals surface area (Å²) in [6.45, 7) is 0.347. The number of fused-ring (bicyclic) bond motifs is 1. The minimum absolute atomic E-state index is 0.0722. The van der Waals surface area contributed by atoms with Crippen LogP contribution < -0.4 is 0 Å². The molecule has 0 spiro atoms. The van der Waals surface area contributed by atoms with Gasteiger partial charge in [0.25, 0.3) is 11.8 Å². The van der Waals surface area contributed by atoms with E-state index in [1.165, 1.54) is 29.2 Å². The Morgan fingerprint density at radius 2 is 1.84 bits per heavy atom. The molecule has 0 radical (unpaired) electrons. The van der Waals surface area contributed by atoms with Crippen molar-refractivity contribution in [2.45, 2.75) is 13.0 Å². The van der Waals surface area contributed by atoms with E-state index < -0.39 is 28.9 Å². The summed E-state index contributed by atoms with van der Waals surface area (Å²) in [5.41, 5.74) is 1.72. The average Bonchev–Trinajstić information content (AvgIpc) is 3.38. The highest BCUT2D eigenvalue weighted by Gasteiger charge is 2.31. The van der Waals surface area contributed by atoms with Gasteiger partial charge in [0.1, 0.15) is 23.0 Å². The van der Waals surface area contributed by atoms with Gasteiger partial charge in [-0.25, -0.2) is 13.2 Å². The van der Waals surface area contributed by atoms with E-state index in [1.807, 2.05) is 0 Å². The third kappa shape index (κ3) is 3.33. The molecule has 0 saturated heterocycles. The van der Waals surface area contributed by atoms with Gasteiger partial charge in [0, 0.05) is 36.8 Å². The Morgan fingerprint density at radius 3 is 2.59 bits per heavy atom. The molecule has 1 aliphatic heterocycles. The van der Waals surface area contributed by atoms with Crippen LogP contribution in [0.1, 0.15) is 21.6 Å². The largest absolute Gasteiger partial charge is 0.334 e. The van der Waals surface area contributed by atoms with Crippen LogP contribution in [0.3, 0.4) is 0 Å². The quantitative estimate of drug-likeness (QED) is 0.486. The van der Waals surface area contributed by atoms with Gasteiger partial charge >= 0.3 is 0 Å². The fourth-order valence-electron chi connectivity index (χ4n) is 3.86. The van der Waals surface area contributed by atoms with Gasteiger partial charge in [-0.15, -0.1) is 0 Å². The molecular formula is C22H16F3N5O2. The molecule has 1 aliphatic rings. The van der Waals surface area contributed by atoms with Gasteiger partial charge in [-0.05, 0) is 24.3 Å². The Kier molecular flexibility index (Phi) is 4.76. The van der Waals surface area contributed by atoms with E-state index in [0.29, 0.717) is 23.2 Å². The molecule has 0 N–H and O–H groups in total. The second-order valence-corrected chi connectivity index (χ2v) is 7.40. The predicted molar refractivity (Wildman–Crippen MR) is 107 cm³/mol. The smallest absolute Gasteiger partial charge is 0.279 e. The van der Waals surface area contributed by atoms with Crippen molar-refractivity contribution in [3.63, 3.8) is 0 Å². The van der Waals surface area contributed by atoms with Gasteiger partial charge in [0.2, 0.25) is 5.82 Å². The molecule has 0 aliphatic carbocycles. The molecule has 0 unspecified atom stereocenters. The summed E-state index contributed by atoms with van der Waals surface area (Å²) in [5.74, 6) is -2.71. The van der Waals surface area contributed by atoms with Crippen LogP contribution in [0.15, 0.2) is 47.0 Å². The summed E-state index contributed by atoms with van der Waals surface area (Å²) < 4.78 is 48.8. The van der Waals surface area contributed by atoms with E-state index in [9.17, 15) is 18.0 Å². The number of carbonyl (C=O) groups excluding carboxylic acids is 1. The third-order valence-electron chi connectivity index (χ3n) is 5.42. The molecule has 0 atom stereocenters. The number of hydrogen-bond donors (Lipinski definition) is 0. The van der Waals surface area contributed by atoms with Crippen LogP contribution in [-0.4, -0.2) is 37.3 Å². The number of amides is 1. The standard InChI is InChI=1S/C22H16F3N5O2/c1-29-17-8-9-30(22(31)18-15(24)6-3-7-16(18)25)11-14(17)19(27-29)21-26-20(28-32-21)12-4-2-5-13(23)10-12/h2-7,10H,8-9,11H2,1H3. The first-order valence-electron chi connectivity index (χ1n) is 9.80. The summed E-state index contributed by atoms with van der Waals surface area (Å²) in [7, 11) is 1.75. The highest BCUT2D eigenvalue weighted by Crippen LogP contribution is 2.31. The zero-order valence-corrected chi connectivity index (χ0v) is 16.8. The number of rotatable bonds is 3. The van der Waals surface area contributed by atoms with Gasteiger partial charge < -0.3 is 9.42 Å². The maximum atomic E-state index is 14.1. The van der Waals surface area contributed by atoms with Crippen LogP contribution in [0.25, 0.3) is 23.0 Å². The normalized spacial score (nSPS) is 13.3. The van der Waals surface area contributed by atoms with Crippen LogP contribution in [0.4, 0.5) is 13.2 Å². The van der Waals surface area contributed by atoms with E-state index in [-0.39, 0.29) is 24.8 Å². The fraction of sp³-hybridized carbons (Fsp3) is 0.182. The number of nitrogens with zero attached hydrogens (tertiary/aromatic N) is 5. The lowest BCUT2D eigenvalue weighted by molar-refractivity contribution is 0.0723. The summed E-state index contributed by atoms with van der Waals surface area (Å²) >= 11 is 0. The zero-order chi connectivity index (χ0) is 22.4. The number of aryl methyl sites for hydroxylation is 1. The van der Waals surface area contributed by atoms with Crippen LogP contribution in [0, 0.1) is 17.5 Å². The topological polar surface area (TPSA) is 77.1 Å². The van der Waals surface area contributed by atoms with E-state index in [4.69, 9.17) is 4.52 Å². The monoisotopic (exact) mass is 439 g/mol. The van der Waals surface area contributed by atoms with E-state index >= 15 is 0 Å². The Labute approximate surface area is 180 Å². The summed E-state index contributed by atoms with van der Waals surface area (Å²) in [4.78, 5) is 18.5. The minimum atomic E-state index is -0.913. The van der Waals surface area contributed by atoms with E-state index in [2.05, 4.69) is 15.2 Å². The maximum Gasteiger partial charge on any atom is 0.279 e. The van der Waals surface area contributed by atoms with Crippen molar-refractivity contribution in [2.24, 2.45) is 7.05 Å². The number of halogens is 3. The predicted octanol–water partition coefficient (Wildman–Crippen LogP) is 3.75. The number of carbonyl (C=O) groups is 1. The van der Waals surface area contributed by atoms with Crippen LogP contribution in [-0.2, 0) is 20.0 Å². The van der Waals surface area contributed by atoms with E-state index in [1.54, 1.807) is 17.8 Å². The van der Waals surface area contributed by atoms with Gasteiger partial charge in [-0.2, -0.15) is 10.1 Å². The highest BCUT2D eigenvalue weighted by molar-refractivity contribution is 5.95. The number of hydrogen-bond acceptors (Lipinski definition) is 5. The second kappa shape index (κ2) is 7.63. The van der Waals surface area contributed by atoms with Crippen molar-refractivity contribution in [1.82, 2.24) is 24.8 Å². The van der Waals surface area contributed by atoms with Crippen molar-refractivity contribution < 1.29 is 22.5 Å². The zero-order valence-electron chi connectivity index (χ0n) is 16.8. The first-order chi connectivity index (χ1) is 15.4. The lowest BCUT2D eigenvalue weighted by Crippen LogP contribution is -2.37. The molecule has 10 heteroatoms. The van der Waals surface area contributed by atoms with Crippen molar-refractivity contribution in [3.8, 4) is 23.0 Å². The second-order valence-electron chi connectivity index (χ2n) is 7.40. The Balaban J connectivity index is 1.49. The maximum absolute atomic E-state index is 14.1. The molecule has 2 aromatic heterocycles. The third-order valence-corrected chi connectivity index (χ3v) is 5.42. The molecular weight excluding hydrogens is 423 g/mol. The molecule has 3 heterocycles. The average molecular weight is 439 g/mol. The van der Waals surface area contributed by atoms with Crippen molar-refractivity contribution in [2.75, 3.05) is 6.54 Å². The number of benzene rings is 2. The SMILES string of the molecule is Cn1nc(-c2nc(-c3cccc(F)c3)no2)c2c1CCN(C(=O)c1c(F)cccc1F)C2. The van der Waals surface area contributed by atoms with Gasteiger partial charge in [-0.3, -0.25) is 9.48 Å². The molecule has 5 rings (SSSR count). The molecule has 32 heavy (non-hydrogen) atoms. The molecule has 162 valence electrons. The summed E-state index contributed by atoms with van der Waals surface area (Å²) in [6, 6.07) is 9.08. The van der Waals surface area contributed by atoms with E-state index in [0.717, 1.165) is 17.8 Å². The Morgan fingerprint density at radius 1 is 1.09 bits per heavy atom. The van der Waals surface area contributed by atoms with Crippen molar-refractivity contribution in [3.05, 3.63) is 76.7 Å². The van der Waals surface area contributed by atoms with Gasteiger partial charge in [0.05, 0.1) is 6.54 Å². The van der Waals surface area contributed by atoms with Crippen LogP contribution in [0.2, 0.25) is 0 Å². The molecule has 0 saturated carbocycles. The highest BCUT2D eigenvalue weighted by atomic mass is 19.1. The first-order valence-corrected chi connectivity index (χ1v) is 9.80. The van der Waals surface area contributed by atoms with Crippen LogP contribution in [0.5, 0.6) is 0 Å². The first kappa shape index (κ1) is 20.0. The summed E-state index contributed by atoms with van der Waals surface area (Å²) in [6.07, 6.45) is 0.436. The minimum Gasteiger partial charge on any atom is -0.334 e. The Hall–Kier alpha value is -3.95.